The van der Waals surface area contributed by atoms with Crippen LogP contribution in [0.4, 0.5) is 5.82 Å². The molecule has 0 saturated heterocycles. The Hall–Kier alpha value is -1.10. The number of pyridine rings is 1. The summed E-state index contributed by atoms with van der Waals surface area (Å²) in [5.74, 6) is 0.646. The van der Waals surface area contributed by atoms with Gasteiger partial charge in [0.15, 0.2) is 0 Å². The fraction of sp³-hybridized carbons (Fsp3) is 0.500. The third kappa shape index (κ3) is 3.70. The van der Waals surface area contributed by atoms with Crippen LogP contribution >= 0.6 is 15.9 Å². The molecule has 17 heavy (non-hydrogen) atoms. The predicted octanol–water partition coefficient (Wildman–Crippen LogP) is 2.54. The maximum atomic E-state index is 12.3. The normalized spacial score (nSPS) is 10.6. The molecule has 1 heterocycles. The SMILES string of the molecule is CCN(CC(C)C)C(=O)c1cc(Br)cnc1N. The minimum atomic E-state index is -0.0625. The highest BCUT2D eigenvalue weighted by molar-refractivity contribution is 9.10. The van der Waals surface area contributed by atoms with Gasteiger partial charge in [-0.2, -0.15) is 0 Å². The second-order valence-electron chi connectivity index (χ2n) is 4.32. The van der Waals surface area contributed by atoms with Crippen LogP contribution < -0.4 is 5.73 Å². The lowest BCUT2D eigenvalue weighted by Gasteiger charge is -2.23. The third-order valence-corrected chi connectivity index (χ3v) is 2.80. The number of hydrogen-bond acceptors (Lipinski definition) is 3. The van der Waals surface area contributed by atoms with Crippen LogP contribution in [-0.2, 0) is 0 Å². The molecule has 1 rings (SSSR count). The Labute approximate surface area is 110 Å². The van der Waals surface area contributed by atoms with Crippen molar-refractivity contribution in [3.05, 3.63) is 22.3 Å². The lowest BCUT2D eigenvalue weighted by atomic mass is 10.1. The van der Waals surface area contributed by atoms with Crippen LogP contribution in [0, 0.1) is 5.92 Å². The highest BCUT2D eigenvalue weighted by Gasteiger charge is 2.18. The number of nitrogens with zero attached hydrogens (tertiary/aromatic N) is 2. The standard InChI is InChI=1S/C12H18BrN3O/c1-4-16(7-8(2)3)12(17)10-5-9(13)6-15-11(10)14/h5-6,8H,4,7H2,1-3H3,(H2,14,15). The van der Waals surface area contributed by atoms with E-state index in [1.54, 1.807) is 17.2 Å². The highest BCUT2D eigenvalue weighted by atomic mass is 79.9. The van der Waals surface area contributed by atoms with Gasteiger partial charge in [0.25, 0.3) is 5.91 Å². The van der Waals surface area contributed by atoms with Gasteiger partial charge in [-0.15, -0.1) is 0 Å². The molecule has 1 aromatic heterocycles. The molecule has 0 bridgehead atoms. The first-order valence-electron chi connectivity index (χ1n) is 5.66. The predicted molar refractivity (Wildman–Crippen MR) is 72.8 cm³/mol. The van der Waals surface area contributed by atoms with Crippen molar-refractivity contribution >= 4 is 27.7 Å². The minimum Gasteiger partial charge on any atom is -0.383 e. The first-order chi connectivity index (χ1) is 7.95. The zero-order chi connectivity index (χ0) is 13.0. The number of aromatic nitrogens is 1. The zero-order valence-corrected chi connectivity index (χ0v) is 12.0. The van der Waals surface area contributed by atoms with Crippen LogP contribution in [0.3, 0.4) is 0 Å². The number of nitrogen functional groups attached to an aromatic ring is 1. The van der Waals surface area contributed by atoms with E-state index in [1.807, 2.05) is 6.92 Å². The van der Waals surface area contributed by atoms with Gasteiger partial charge in [0.1, 0.15) is 5.82 Å². The molecule has 1 aromatic rings. The maximum absolute atomic E-state index is 12.3. The number of nitrogens with two attached hydrogens (primary N) is 1. The van der Waals surface area contributed by atoms with E-state index < -0.39 is 0 Å². The Morgan fingerprint density at radius 1 is 1.59 bits per heavy atom. The van der Waals surface area contributed by atoms with Crippen LogP contribution in [0.25, 0.3) is 0 Å². The molecule has 0 aromatic carbocycles. The van der Waals surface area contributed by atoms with Crippen molar-refractivity contribution in [2.24, 2.45) is 5.92 Å². The molecule has 0 aliphatic carbocycles. The summed E-state index contributed by atoms with van der Waals surface area (Å²) in [5, 5.41) is 0. The Kier molecular flexibility index (Phi) is 4.93. The van der Waals surface area contributed by atoms with Crippen molar-refractivity contribution in [1.82, 2.24) is 9.88 Å². The first kappa shape index (κ1) is 14.0. The molecule has 0 saturated carbocycles. The molecule has 1 amide bonds. The van der Waals surface area contributed by atoms with Crippen LogP contribution in [0.1, 0.15) is 31.1 Å². The van der Waals surface area contributed by atoms with Crippen LogP contribution in [0.2, 0.25) is 0 Å². The maximum Gasteiger partial charge on any atom is 0.257 e. The summed E-state index contributed by atoms with van der Waals surface area (Å²) >= 11 is 3.30. The van der Waals surface area contributed by atoms with E-state index in [9.17, 15) is 4.79 Å². The molecule has 0 unspecified atom stereocenters. The molecule has 0 radical (unpaired) electrons. The van der Waals surface area contributed by atoms with Crippen molar-refractivity contribution in [3.63, 3.8) is 0 Å². The van der Waals surface area contributed by atoms with E-state index >= 15 is 0 Å². The van der Waals surface area contributed by atoms with Crippen molar-refractivity contribution in [1.29, 1.82) is 0 Å². The number of rotatable bonds is 4. The monoisotopic (exact) mass is 299 g/mol. The average molecular weight is 300 g/mol. The minimum absolute atomic E-state index is 0.0625. The average Bonchev–Trinajstić information content (AvgIpc) is 2.28. The van der Waals surface area contributed by atoms with Crippen molar-refractivity contribution in [3.8, 4) is 0 Å². The number of carbonyl (C=O) groups is 1. The summed E-state index contributed by atoms with van der Waals surface area (Å²) in [6.07, 6.45) is 1.59. The number of carbonyl (C=O) groups excluding carboxylic acids is 1. The molecule has 0 aliphatic rings. The highest BCUT2D eigenvalue weighted by Crippen LogP contribution is 2.18. The van der Waals surface area contributed by atoms with E-state index in [-0.39, 0.29) is 11.7 Å². The summed E-state index contributed by atoms with van der Waals surface area (Å²) in [4.78, 5) is 18.0. The second kappa shape index (κ2) is 6.00. The Morgan fingerprint density at radius 2 is 2.24 bits per heavy atom. The molecule has 2 N–H and O–H groups in total. The summed E-state index contributed by atoms with van der Waals surface area (Å²) in [5.41, 5.74) is 6.19. The number of hydrogen-bond donors (Lipinski definition) is 1. The topological polar surface area (TPSA) is 59.2 Å². The van der Waals surface area contributed by atoms with E-state index in [0.29, 0.717) is 18.0 Å². The Morgan fingerprint density at radius 3 is 2.76 bits per heavy atom. The number of halogens is 1. The Bertz CT molecular complexity index is 407. The van der Waals surface area contributed by atoms with Gasteiger partial charge < -0.3 is 10.6 Å². The van der Waals surface area contributed by atoms with Gasteiger partial charge >= 0.3 is 0 Å². The molecule has 0 spiro atoms. The Balaban J connectivity index is 2.97. The molecule has 4 nitrogen and oxygen atoms in total. The first-order valence-corrected chi connectivity index (χ1v) is 6.45. The van der Waals surface area contributed by atoms with Gasteiger partial charge in [0, 0.05) is 23.8 Å². The summed E-state index contributed by atoms with van der Waals surface area (Å²) < 4.78 is 0.760. The van der Waals surface area contributed by atoms with Gasteiger partial charge in [-0.05, 0) is 34.8 Å². The van der Waals surface area contributed by atoms with Gasteiger partial charge in [0.05, 0.1) is 5.56 Å². The summed E-state index contributed by atoms with van der Waals surface area (Å²) in [6.45, 7) is 7.52. The molecular weight excluding hydrogens is 282 g/mol. The molecular formula is C12H18BrN3O. The lowest BCUT2D eigenvalue weighted by molar-refractivity contribution is 0.0746. The van der Waals surface area contributed by atoms with Gasteiger partial charge in [-0.1, -0.05) is 13.8 Å². The van der Waals surface area contributed by atoms with Crippen LogP contribution in [0.5, 0.6) is 0 Å². The van der Waals surface area contributed by atoms with E-state index in [0.717, 1.165) is 11.0 Å². The van der Waals surface area contributed by atoms with E-state index in [1.165, 1.54) is 0 Å². The zero-order valence-electron chi connectivity index (χ0n) is 10.4. The van der Waals surface area contributed by atoms with Crippen molar-refractivity contribution in [2.45, 2.75) is 20.8 Å². The number of amides is 1. The van der Waals surface area contributed by atoms with Crippen LogP contribution in [-0.4, -0.2) is 28.9 Å². The van der Waals surface area contributed by atoms with Crippen LogP contribution in [0.15, 0.2) is 16.7 Å². The molecule has 0 atom stereocenters. The largest absolute Gasteiger partial charge is 0.383 e. The molecule has 0 aliphatic heterocycles. The fourth-order valence-electron chi connectivity index (χ4n) is 1.59. The molecule has 94 valence electrons. The molecule has 0 fully saturated rings. The third-order valence-electron chi connectivity index (χ3n) is 2.37. The summed E-state index contributed by atoms with van der Waals surface area (Å²) in [6, 6.07) is 1.72. The second-order valence-corrected chi connectivity index (χ2v) is 5.24. The van der Waals surface area contributed by atoms with Crippen molar-refractivity contribution < 1.29 is 4.79 Å². The fourth-order valence-corrected chi connectivity index (χ4v) is 1.92. The van der Waals surface area contributed by atoms with Crippen molar-refractivity contribution in [2.75, 3.05) is 18.8 Å². The van der Waals surface area contributed by atoms with Gasteiger partial charge in [-0.3, -0.25) is 4.79 Å². The smallest absolute Gasteiger partial charge is 0.257 e. The quantitative estimate of drug-likeness (QED) is 0.929. The van der Waals surface area contributed by atoms with E-state index in [4.69, 9.17) is 5.73 Å². The van der Waals surface area contributed by atoms with Gasteiger partial charge in [-0.25, -0.2) is 4.98 Å². The summed E-state index contributed by atoms with van der Waals surface area (Å²) in [7, 11) is 0. The molecule has 5 heteroatoms. The van der Waals surface area contributed by atoms with E-state index in [2.05, 4.69) is 34.8 Å². The van der Waals surface area contributed by atoms with Gasteiger partial charge in [0.2, 0.25) is 0 Å². The lowest BCUT2D eigenvalue weighted by Crippen LogP contribution is -2.34. The number of anilines is 1.